The van der Waals surface area contributed by atoms with Crippen molar-refractivity contribution >= 4 is 29.6 Å². The van der Waals surface area contributed by atoms with Crippen molar-refractivity contribution in [1.29, 1.82) is 0 Å². The van der Waals surface area contributed by atoms with E-state index in [2.05, 4.69) is 16.0 Å². The molecular weight excluding hydrogens is 346 g/mol. The average Bonchev–Trinajstić information content (AvgIpc) is 3.04. The molecule has 1 heterocycles. The lowest BCUT2D eigenvalue weighted by atomic mass is 10.1. The monoisotopic (exact) mass is 373 g/mol. The summed E-state index contributed by atoms with van der Waals surface area (Å²) >= 11 is 1.38. The number of likely N-dealkylation sites (N-methyl/N-ethyl adjacent to an activating group) is 2. The number of rotatable bonds is 10. The predicted molar refractivity (Wildman–Crippen MR) is 95.8 cm³/mol. The molecule has 1 unspecified atom stereocenters. The van der Waals surface area contributed by atoms with Gasteiger partial charge in [0.15, 0.2) is 0 Å². The molecule has 2 atom stereocenters. The zero-order valence-corrected chi connectivity index (χ0v) is 15.9. The molecule has 3 N–H and O–H groups in total. The molecule has 0 fully saturated rings. The van der Waals surface area contributed by atoms with Crippen molar-refractivity contribution < 1.29 is 23.9 Å². The first-order chi connectivity index (χ1) is 11.9. The van der Waals surface area contributed by atoms with Crippen LogP contribution < -0.4 is 16.0 Å². The Morgan fingerprint density at radius 1 is 1.16 bits per heavy atom. The zero-order chi connectivity index (χ0) is 18.9. The van der Waals surface area contributed by atoms with Crippen LogP contribution in [-0.2, 0) is 23.9 Å². The second-order valence-electron chi connectivity index (χ2n) is 5.29. The highest BCUT2D eigenvalue weighted by Crippen LogP contribution is 2.33. The molecule has 1 amide bonds. The van der Waals surface area contributed by atoms with Crippen LogP contribution in [-0.4, -0.2) is 61.4 Å². The van der Waals surface area contributed by atoms with Crippen molar-refractivity contribution in [3.63, 3.8) is 0 Å². The first-order valence-electron chi connectivity index (χ1n) is 8.29. The van der Waals surface area contributed by atoms with E-state index in [9.17, 15) is 14.4 Å². The van der Waals surface area contributed by atoms with Gasteiger partial charge < -0.3 is 14.8 Å². The fourth-order valence-electron chi connectivity index (χ4n) is 2.29. The predicted octanol–water partition coefficient (Wildman–Crippen LogP) is 0.142. The largest absolute Gasteiger partial charge is 0.466 e. The van der Waals surface area contributed by atoms with E-state index in [1.165, 1.54) is 11.8 Å². The Bertz CT molecular complexity index is 508. The zero-order valence-electron chi connectivity index (χ0n) is 15.1. The molecule has 0 saturated heterocycles. The van der Waals surface area contributed by atoms with Gasteiger partial charge in [0, 0.05) is 6.42 Å². The van der Waals surface area contributed by atoms with Crippen LogP contribution in [0.4, 0.5) is 0 Å². The SMILES string of the molecule is CCOC(=O)CC[C@H](NC(=O)C1C=CC(NC)(NC)S1)C(=O)OCC. The standard InChI is InChI=1S/C16H27N3O5S/c1-5-23-13(20)8-7-11(15(22)24-6-2)19-14(21)12-9-10-16(17-3,18-4)25-12/h9-12,17-18H,5-8H2,1-4H3,(H,19,21)/t11-,12?/m0/s1. The van der Waals surface area contributed by atoms with E-state index in [0.717, 1.165) is 0 Å². The highest BCUT2D eigenvalue weighted by molar-refractivity contribution is 8.02. The molecule has 142 valence electrons. The number of amides is 1. The van der Waals surface area contributed by atoms with Crippen molar-refractivity contribution in [2.45, 2.75) is 43.0 Å². The van der Waals surface area contributed by atoms with Crippen molar-refractivity contribution in [2.75, 3.05) is 27.3 Å². The minimum absolute atomic E-state index is 0.0300. The van der Waals surface area contributed by atoms with Crippen LogP contribution in [0, 0.1) is 0 Å². The van der Waals surface area contributed by atoms with Crippen LogP contribution in [0.15, 0.2) is 12.2 Å². The first kappa shape index (κ1) is 21.5. The Morgan fingerprint density at radius 2 is 1.80 bits per heavy atom. The molecule has 0 aromatic rings. The maximum absolute atomic E-state index is 12.5. The van der Waals surface area contributed by atoms with E-state index >= 15 is 0 Å². The number of hydrogen-bond donors (Lipinski definition) is 3. The fraction of sp³-hybridized carbons (Fsp3) is 0.688. The normalized spacial score (nSPS) is 19.3. The van der Waals surface area contributed by atoms with Gasteiger partial charge in [0.1, 0.15) is 16.3 Å². The Morgan fingerprint density at radius 3 is 2.32 bits per heavy atom. The Labute approximate surface area is 152 Å². The Kier molecular flexibility index (Phi) is 8.95. The molecule has 0 aromatic heterocycles. The third-order valence-electron chi connectivity index (χ3n) is 3.65. The Balaban J connectivity index is 2.67. The van der Waals surface area contributed by atoms with Crippen molar-refractivity contribution in [1.82, 2.24) is 16.0 Å². The highest BCUT2D eigenvalue weighted by Gasteiger charge is 2.37. The number of hydrogen-bond acceptors (Lipinski definition) is 8. The number of carbonyl (C=O) groups is 3. The van der Waals surface area contributed by atoms with Gasteiger partial charge >= 0.3 is 11.9 Å². The summed E-state index contributed by atoms with van der Waals surface area (Å²) in [4.78, 5) is 35.5. The summed E-state index contributed by atoms with van der Waals surface area (Å²) in [5.74, 6) is -1.28. The van der Waals surface area contributed by atoms with E-state index < -0.39 is 28.2 Å². The number of nitrogens with one attached hydrogen (secondary N) is 3. The lowest BCUT2D eigenvalue weighted by molar-refractivity contribution is -0.148. The van der Waals surface area contributed by atoms with Crippen LogP contribution in [0.2, 0.25) is 0 Å². The average molecular weight is 373 g/mol. The summed E-state index contributed by atoms with van der Waals surface area (Å²) in [7, 11) is 3.57. The molecule has 8 nitrogen and oxygen atoms in total. The van der Waals surface area contributed by atoms with Crippen molar-refractivity contribution in [3.8, 4) is 0 Å². The minimum Gasteiger partial charge on any atom is -0.466 e. The summed E-state index contributed by atoms with van der Waals surface area (Å²) in [5.41, 5.74) is 0. The maximum atomic E-state index is 12.5. The van der Waals surface area contributed by atoms with Crippen LogP contribution in [0.5, 0.6) is 0 Å². The maximum Gasteiger partial charge on any atom is 0.328 e. The van der Waals surface area contributed by atoms with Crippen LogP contribution in [0.3, 0.4) is 0 Å². The van der Waals surface area contributed by atoms with Crippen LogP contribution in [0.1, 0.15) is 26.7 Å². The molecule has 0 spiro atoms. The smallest absolute Gasteiger partial charge is 0.328 e. The van der Waals surface area contributed by atoms with E-state index in [0.29, 0.717) is 0 Å². The number of esters is 2. The van der Waals surface area contributed by atoms with Gasteiger partial charge in [-0.15, -0.1) is 11.8 Å². The second kappa shape index (κ2) is 10.4. The van der Waals surface area contributed by atoms with E-state index in [4.69, 9.17) is 9.47 Å². The molecule has 0 saturated carbocycles. The summed E-state index contributed by atoms with van der Waals surface area (Å²) < 4.78 is 9.85. The summed E-state index contributed by atoms with van der Waals surface area (Å²) in [6, 6.07) is -0.884. The lowest BCUT2D eigenvalue weighted by Gasteiger charge is -2.27. The van der Waals surface area contributed by atoms with Gasteiger partial charge in [0.25, 0.3) is 0 Å². The van der Waals surface area contributed by atoms with Gasteiger partial charge in [-0.2, -0.15) is 0 Å². The highest BCUT2D eigenvalue weighted by atomic mass is 32.2. The lowest BCUT2D eigenvalue weighted by Crippen LogP contribution is -2.50. The summed E-state index contributed by atoms with van der Waals surface area (Å²) in [5, 5.41) is 8.41. The van der Waals surface area contributed by atoms with Gasteiger partial charge in [0.05, 0.1) is 13.2 Å². The number of carbonyl (C=O) groups excluding carboxylic acids is 3. The van der Waals surface area contributed by atoms with Gasteiger partial charge in [-0.3, -0.25) is 20.2 Å². The topological polar surface area (TPSA) is 106 Å². The van der Waals surface area contributed by atoms with Gasteiger partial charge in [-0.1, -0.05) is 6.08 Å². The summed E-state index contributed by atoms with van der Waals surface area (Å²) in [6.45, 7) is 3.87. The van der Waals surface area contributed by atoms with Crippen LogP contribution >= 0.6 is 11.8 Å². The van der Waals surface area contributed by atoms with Crippen molar-refractivity contribution in [2.24, 2.45) is 0 Å². The molecule has 0 bridgehead atoms. The quantitative estimate of drug-likeness (QED) is 0.282. The van der Waals surface area contributed by atoms with E-state index in [1.807, 2.05) is 6.08 Å². The molecule has 1 aliphatic rings. The molecule has 0 radical (unpaired) electrons. The molecule has 0 aromatic carbocycles. The van der Waals surface area contributed by atoms with Gasteiger partial charge in [0.2, 0.25) is 5.91 Å². The number of ether oxygens (including phenoxy) is 2. The molecule has 0 aliphatic carbocycles. The van der Waals surface area contributed by atoms with Crippen LogP contribution in [0.25, 0.3) is 0 Å². The molecule has 25 heavy (non-hydrogen) atoms. The third-order valence-corrected chi connectivity index (χ3v) is 5.19. The minimum atomic E-state index is -0.884. The van der Waals surface area contributed by atoms with Crippen molar-refractivity contribution in [3.05, 3.63) is 12.2 Å². The summed E-state index contributed by atoms with van der Waals surface area (Å²) in [6.07, 6.45) is 3.79. The molecule has 1 aliphatic heterocycles. The second-order valence-corrected chi connectivity index (χ2v) is 6.68. The third kappa shape index (κ3) is 6.33. The first-order valence-corrected chi connectivity index (χ1v) is 9.16. The number of thioether (sulfide) groups is 1. The fourth-order valence-corrected chi connectivity index (χ4v) is 3.42. The molecule has 1 rings (SSSR count). The van der Waals surface area contributed by atoms with E-state index in [1.54, 1.807) is 34.0 Å². The van der Waals surface area contributed by atoms with Gasteiger partial charge in [-0.25, -0.2) is 4.79 Å². The molecule has 9 heteroatoms. The molecular formula is C16H27N3O5S. The Hall–Kier alpha value is -1.58. The van der Waals surface area contributed by atoms with Gasteiger partial charge in [-0.05, 0) is 40.4 Å². The van der Waals surface area contributed by atoms with E-state index in [-0.39, 0.29) is 32.0 Å².